The smallest absolute Gasteiger partial charge is 0.263 e. The molecule has 7 nitrogen and oxygen atoms in total. The fourth-order valence-electron chi connectivity index (χ4n) is 3.26. The molecule has 162 valence electrons. The molecule has 1 fully saturated rings. The molecule has 1 aliphatic heterocycles. The Labute approximate surface area is 193 Å². The van der Waals surface area contributed by atoms with Gasteiger partial charge in [0.15, 0.2) is 0 Å². The van der Waals surface area contributed by atoms with Gasteiger partial charge in [0.1, 0.15) is 5.01 Å². The SMILES string of the molecule is CSc1ccc(S(=O)(=O)Nc2nnc(-c3ccc(Cl)cc3)s2)cc1C(=O)N1CCCC1. The number of benzene rings is 2. The summed E-state index contributed by atoms with van der Waals surface area (Å²) in [7, 11) is -3.94. The van der Waals surface area contributed by atoms with Crippen molar-refractivity contribution in [2.24, 2.45) is 0 Å². The summed E-state index contributed by atoms with van der Waals surface area (Å²) < 4.78 is 28.4. The predicted octanol–water partition coefficient (Wildman–Crippen LogP) is 4.62. The van der Waals surface area contributed by atoms with E-state index in [0.717, 1.165) is 34.6 Å². The second kappa shape index (κ2) is 9.15. The number of sulfonamides is 1. The molecule has 1 N–H and O–H groups in total. The minimum absolute atomic E-state index is 0.0103. The van der Waals surface area contributed by atoms with E-state index >= 15 is 0 Å². The monoisotopic (exact) mass is 494 g/mol. The van der Waals surface area contributed by atoms with Crippen LogP contribution in [0.2, 0.25) is 5.02 Å². The average Bonchev–Trinajstić information content (AvgIpc) is 3.45. The number of likely N-dealkylation sites (tertiary alicyclic amines) is 1. The van der Waals surface area contributed by atoms with Crippen LogP contribution in [0.1, 0.15) is 23.2 Å². The first kappa shape index (κ1) is 22.1. The Morgan fingerprint density at radius 2 is 1.84 bits per heavy atom. The van der Waals surface area contributed by atoms with Crippen molar-refractivity contribution in [2.45, 2.75) is 22.6 Å². The van der Waals surface area contributed by atoms with E-state index in [1.807, 2.05) is 6.26 Å². The van der Waals surface area contributed by atoms with Crippen molar-refractivity contribution in [1.82, 2.24) is 15.1 Å². The quantitative estimate of drug-likeness (QED) is 0.503. The molecule has 0 radical (unpaired) electrons. The van der Waals surface area contributed by atoms with Crippen LogP contribution in [0.5, 0.6) is 0 Å². The first-order chi connectivity index (χ1) is 14.9. The summed E-state index contributed by atoms with van der Waals surface area (Å²) in [5, 5.41) is 9.31. The lowest BCUT2D eigenvalue weighted by atomic mass is 10.2. The maximum Gasteiger partial charge on any atom is 0.263 e. The molecule has 1 saturated heterocycles. The molecule has 1 aromatic heterocycles. The number of thioether (sulfide) groups is 1. The highest BCUT2D eigenvalue weighted by Gasteiger charge is 2.25. The van der Waals surface area contributed by atoms with Gasteiger partial charge < -0.3 is 4.90 Å². The number of nitrogens with one attached hydrogen (secondary N) is 1. The Morgan fingerprint density at radius 3 is 2.52 bits per heavy atom. The fraction of sp³-hybridized carbons (Fsp3) is 0.250. The highest BCUT2D eigenvalue weighted by Crippen LogP contribution is 2.30. The molecular formula is C20H19ClN4O3S3. The van der Waals surface area contributed by atoms with E-state index in [9.17, 15) is 13.2 Å². The first-order valence-corrected chi connectivity index (χ1v) is 13.4. The van der Waals surface area contributed by atoms with Crippen LogP contribution >= 0.6 is 34.7 Å². The summed E-state index contributed by atoms with van der Waals surface area (Å²) in [6.45, 7) is 1.39. The van der Waals surface area contributed by atoms with E-state index in [1.54, 1.807) is 35.2 Å². The van der Waals surface area contributed by atoms with Gasteiger partial charge >= 0.3 is 0 Å². The molecule has 0 bridgehead atoms. The highest BCUT2D eigenvalue weighted by atomic mass is 35.5. The molecule has 0 saturated carbocycles. The number of amides is 1. The van der Waals surface area contributed by atoms with Crippen molar-refractivity contribution in [3.8, 4) is 10.6 Å². The van der Waals surface area contributed by atoms with Crippen molar-refractivity contribution in [2.75, 3.05) is 24.1 Å². The molecule has 4 rings (SSSR count). The number of carbonyl (C=O) groups is 1. The van der Waals surface area contributed by atoms with Crippen molar-refractivity contribution in [3.63, 3.8) is 0 Å². The van der Waals surface area contributed by atoms with Crippen LogP contribution < -0.4 is 4.72 Å². The summed E-state index contributed by atoms with van der Waals surface area (Å²) in [6, 6.07) is 11.6. The maximum atomic E-state index is 13.0. The molecule has 31 heavy (non-hydrogen) atoms. The molecule has 2 aromatic carbocycles. The molecule has 2 heterocycles. The molecule has 11 heteroatoms. The summed E-state index contributed by atoms with van der Waals surface area (Å²) in [5.74, 6) is -0.139. The van der Waals surface area contributed by atoms with Gasteiger partial charge in [-0.05, 0) is 49.4 Å². The van der Waals surface area contributed by atoms with E-state index in [4.69, 9.17) is 11.6 Å². The Kier molecular flexibility index (Phi) is 6.52. The van der Waals surface area contributed by atoms with Crippen LogP contribution in [-0.2, 0) is 10.0 Å². The Bertz CT molecular complexity index is 1210. The summed E-state index contributed by atoms with van der Waals surface area (Å²) in [4.78, 5) is 15.4. The molecule has 1 aliphatic rings. The number of hydrogen-bond donors (Lipinski definition) is 1. The van der Waals surface area contributed by atoms with Crippen LogP contribution in [0.15, 0.2) is 52.3 Å². The van der Waals surface area contributed by atoms with Gasteiger partial charge in [-0.1, -0.05) is 35.1 Å². The number of carbonyl (C=O) groups excluding carboxylic acids is 1. The third-order valence-corrected chi connectivity index (χ3v) is 8.24. The van der Waals surface area contributed by atoms with E-state index in [-0.39, 0.29) is 15.9 Å². The molecule has 3 aromatic rings. The van der Waals surface area contributed by atoms with Gasteiger partial charge in [0, 0.05) is 28.6 Å². The van der Waals surface area contributed by atoms with Crippen molar-refractivity contribution >= 4 is 55.8 Å². The lowest BCUT2D eigenvalue weighted by Gasteiger charge is -2.18. The average molecular weight is 495 g/mol. The normalized spacial score (nSPS) is 14.1. The molecule has 0 unspecified atom stereocenters. The van der Waals surface area contributed by atoms with Gasteiger partial charge in [0.25, 0.3) is 15.9 Å². The molecule has 0 aliphatic carbocycles. The van der Waals surface area contributed by atoms with Crippen LogP contribution in [0.25, 0.3) is 10.6 Å². The minimum Gasteiger partial charge on any atom is -0.339 e. The Morgan fingerprint density at radius 1 is 1.13 bits per heavy atom. The van der Waals surface area contributed by atoms with E-state index < -0.39 is 10.0 Å². The van der Waals surface area contributed by atoms with Crippen LogP contribution in [0.4, 0.5) is 5.13 Å². The summed E-state index contributed by atoms with van der Waals surface area (Å²) >= 11 is 8.44. The lowest BCUT2D eigenvalue weighted by molar-refractivity contribution is 0.0789. The largest absolute Gasteiger partial charge is 0.339 e. The number of rotatable bonds is 6. The predicted molar refractivity (Wildman–Crippen MR) is 125 cm³/mol. The second-order valence-electron chi connectivity index (χ2n) is 6.89. The van der Waals surface area contributed by atoms with Crippen LogP contribution in [0, 0.1) is 0 Å². The molecule has 0 atom stereocenters. The van der Waals surface area contributed by atoms with Crippen molar-refractivity contribution in [1.29, 1.82) is 0 Å². The van der Waals surface area contributed by atoms with Gasteiger partial charge in [0.05, 0.1) is 10.5 Å². The third-order valence-electron chi connectivity index (χ3n) is 4.84. The number of hydrogen-bond acceptors (Lipinski definition) is 7. The van der Waals surface area contributed by atoms with Gasteiger partial charge in [-0.15, -0.1) is 22.0 Å². The molecule has 1 amide bonds. The van der Waals surface area contributed by atoms with Crippen LogP contribution in [0.3, 0.4) is 0 Å². The number of aromatic nitrogens is 2. The summed E-state index contributed by atoms with van der Waals surface area (Å²) in [6.07, 6.45) is 3.79. The second-order valence-corrected chi connectivity index (χ2v) is 10.8. The number of nitrogens with zero attached hydrogens (tertiary/aromatic N) is 3. The summed E-state index contributed by atoms with van der Waals surface area (Å²) in [5.41, 5.74) is 1.19. The first-order valence-electron chi connectivity index (χ1n) is 9.47. The molecule has 0 spiro atoms. The number of halogens is 1. The van der Waals surface area contributed by atoms with Crippen molar-refractivity contribution < 1.29 is 13.2 Å². The zero-order chi connectivity index (χ0) is 22.0. The fourth-order valence-corrected chi connectivity index (χ4v) is 5.96. The minimum atomic E-state index is -3.94. The third kappa shape index (κ3) is 4.87. The topological polar surface area (TPSA) is 92.3 Å². The lowest BCUT2D eigenvalue weighted by Crippen LogP contribution is -2.28. The van der Waals surface area contributed by atoms with Gasteiger partial charge in [-0.2, -0.15) is 0 Å². The van der Waals surface area contributed by atoms with E-state index in [1.165, 1.54) is 23.9 Å². The van der Waals surface area contributed by atoms with Gasteiger partial charge in [-0.25, -0.2) is 8.42 Å². The van der Waals surface area contributed by atoms with Gasteiger partial charge in [0.2, 0.25) is 5.13 Å². The molecular weight excluding hydrogens is 476 g/mol. The van der Waals surface area contributed by atoms with Crippen LogP contribution in [-0.4, -0.2) is 48.8 Å². The van der Waals surface area contributed by atoms with E-state index in [2.05, 4.69) is 14.9 Å². The number of anilines is 1. The zero-order valence-corrected chi connectivity index (χ0v) is 19.7. The van der Waals surface area contributed by atoms with E-state index in [0.29, 0.717) is 28.7 Å². The van der Waals surface area contributed by atoms with Gasteiger partial charge in [-0.3, -0.25) is 9.52 Å². The highest BCUT2D eigenvalue weighted by molar-refractivity contribution is 7.98. The Balaban J connectivity index is 1.59. The zero-order valence-electron chi connectivity index (χ0n) is 16.5. The Hall–Kier alpha value is -2.14. The standard InChI is InChI=1S/C20H19ClN4O3S3/c1-29-17-9-8-15(12-16(17)19(26)25-10-2-3-11-25)31(27,28)24-20-23-22-18(30-20)13-4-6-14(21)7-5-13/h4-9,12H,2-3,10-11H2,1H3,(H,23,24). The van der Waals surface area contributed by atoms with Crippen molar-refractivity contribution in [3.05, 3.63) is 53.1 Å². The maximum absolute atomic E-state index is 13.0.